The van der Waals surface area contributed by atoms with Crippen molar-refractivity contribution in [3.05, 3.63) is 35.5 Å². The number of halogens is 3. The van der Waals surface area contributed by atoms with Crippen LogP contribution in [0.3, 0.4) is 0 Å². The van der Waals surface area contributed by atoms with Crippen LogP contribution in [0.15, 0.2) is 16.5 Å². The molecule has 0 spiro atoms. The fraction of sp³-hybridized carbons (Fsp3) is 0.385. The highest BCUT2D eigenvalue weighted by atomic mass is 19.2. The molecule has 0 bridgehead atoms. The van der Waals surface area contributed by atoms with E-state index in [-0.39, 0.29) is 23.4 Å². The number of nitrogens with zero attached hydrogens (tertiary/aromatic N) is 2. The Morgan fingerprint density at radius 3 is 2.55 bits per heavy atom. The summed E-state index contributed by atoms with van der Waals surface area (Å²) in [5, 5.41) is 10.6. The summed E-state index contributed by atoms with van der Waals surface area (Å²) in [6.45, 7) is 4.56. The second-order valence-electron chi connectivity index (χ2n) is 4.19. The van der Waals surface area contributed by atoms with Crippen molar-refractivity contribution in [3.63, 3.8) is 0 Å². The Labute approximate surface area is 114 Å². The normalized spacial score (nSPS) is 12.7. The van der Waals surface area contributed by atoms with Crippen LogP contribution in [0.25, 0.3) is 11.5 Å². The minimum atomic E-state index is -1.55. The van der Waals surface area contributed by atoms with Gasteiger partial charge < -0.3 is 9.73 Å². The molecule has 1 unspecified atom stereocenters. The van der Waals surface area contributed by atoms with Crippen LogP contribution >= 0.6 is 0 Å². The van der Waals surface area contributed by atoms with Gasteiger partial charge in [-0.25, -0.2) is 13.2 Å². The summed E-state index contributed by atoms with van der Waals surface area (Å²) in [5.74, 6) is -4.04. The van der Waals surface area contributed by atoms with Crippen LogP contribution in [0.5, 0.6) is 0 Å². The zero-order valence-electron chi connectivity index (χ0n) is 11.1. The maximum atomic E-state index is 13.6. The van der Waals surface area contributed by atoms with E-state index in [0.717, 1.165) is 12.1 Å². The summed E-state index contributed by atoms with van der Waals surface area (Å²) in [7, 11) is 0. The molecular formula is C13H14F3N3O. The fourth-order valence-corrected chi connectivity index (χ4v) is 1.83. The molecule has 0 saturated heterocycles. The largest absolute Gasteiger partial charge is 0.419 e. The monoisotopic (exact) mass is 285 g/mol. The van der Waals surface area contributed by atoms with Gasteiger partial charge in [-0.2, -0.15) is 0 Å². The van der Waals surface area contributed by atoms with Gasteiger partial charge in [0.1, 0.15) is 0 Å². The van der Waals surface area contributed by atoms with E-state index in [4.69, 9.17) is 4.42 Å². The molecule has 1 aromatic heterocycles. The highest BCUT2D eigenvalue weighted by Gasteiger charge is 2.21. The maximum absolute atomic E-state index is 13.6. The van der Waals surface area contributed by atoms with Crippen LogP contribution in [0.2, 0.25) is 0 Å². The van der Waals surface area contributed by atoms with Crippen LogP contribution in [-0.4, -0.2) is 16.7 Å². The van der Waals surface area contributed by atoms with Crippen molar-refractivity contribution in [2.45, 2.75) is 26.3 Å². The predicted molar refractivity (Wildman–Crippen MR) is 66.3 cm³/mol. The molecule has 2 aromatic rings. The zero-order valence-corrected chi connectivity index (χ0v) is 11.1. The summed E-state index contributed by atoms with van der Waals surface area (Å²) in [4.78, 5) is 0. The molecular weight excluding hydrogens is 271 g/mol. The molecule has 0 radical (unpaired) electrons. The van der Waals surface area contributed by atoms with E-state index >= 15 is 0 Å². The van der Waals surface area contributed by atoms with Crippen LogP contribution in [0, 0.1) is 17.5 Å². The molecule has 0 aliphatic heterocycles. The van der Waals surface area contributed by atoms with Gasteiger partial charge in [0.05, 0.1) is 11.6 Å². The Balaban J connectivity index is 2.36. The summed E-state index contributed by atoms with van der Waals surface area (Å²) >= 11 is 0. The highest BCUT2D eigenvalue weighted by Crippen LogP contribution is 2.26. The Hall–Kier alpha value is -1.89. The highest BCUT2D eigenvalue weighted by molar-refractivity contribution is 5.53. The van der Waals surface area contributed by atoms with E-state index in [0.29, 0.717) is 13.0 Å². The minimum Gasteiger partial charge on any atom is -0.419 e. The number of nitrogens with one attached hydrogen (secondary N) is 1. The molecule has 0 aliphatic carbocycles. The van der Waals surface area contributed by atoms with Gasteiger partial charge in [0.25, 0.3) is 5.89 Å². The van der Waals surface area contributed by atoms with Crippen molar-refractivity contribution in [2.24, 2.45) is 0 Å². The third-order valence-electron chi connectivity index (χ3n) is 2.86. The number of benzene rings is 1. The van der Waals surface area contributed by atoms with E-state index in [1.807, 2.05) is 13.8 Å². The number of rotatable bonds is 5. The molecule has 0 saturated carbocycles. The molecule has 20 heavy (non-hydrogen) atoms. The predicted octanol–water partition coefficient (Wildman–Crippen LogP) is 3.21. The van der Waals surface area contributed by atoms with Gasteiger partial charge in [0.15, 0.2) is 17.5 Å². The molecule has 1 N–H and O–H groups in total. The fourth-order valence-electron chi connectivity index (χ4n) is 1.83. The summed E-state index contributed by atoms with van der Waals surface area (Å²) < 4.78 is 45.0. The average Bonchev–Trinajstić information content (AvgIpc) is 2.91. The molecule has 0 aliphatic rings. The minimum absolute atomic E-state index is 0.158. The van der Waals surface area contributed by atoms with Crippen LogP contribution < -0.4 is 5.32 Å². The lowest BCUT2D eigenvalue weighted by Crippen LogP contribution is -2.20. The van der Waals surface area contributed by atoms with Crippen molar-refractivity contribution in [1.82, 2.24) is 15.5 Å². The first-order chi connectivity index (χ1) is 9.58. The maximum Gasteiger partial charge on any atom is 0.250 e. The van der Waals surface area contributed by atoms with Gasteiger partial charge in [-0.3, -0.25) is 0 Å². The van der Waals surface area contributed by atoms with Gasteiger partial charge >= 0.3 is 0 Å². The van der Waals surface area contributed by atoms with Crippen molar-refractivity contribution in [3.8, 4) is 11.5 Å². The molecule has 1 atom stereocenters. The van der Waals surface area contributed by atoms with E-state index < -0.39 is 17.5 Å². The molecule has 1 aromatic carbocycles. The Morgan fingerprint density at radius 1 is 1.15 bits per heavy atom. The van der Waals surface area contributed by atoms with Crippen LogP contribution in [0.1, 0.15) is 32.2 Å². The van der Waals surface area contributed by atoms with E-state index in [1.165, 1.54) is 0 Å². The quantitative estimate of drug-likeness (QED) is 0.857. The Bertz CT molecular complexity index is 601. The van der Waals surface area contributed by atoms with Gasteiger partial charge in [0, 0.05) is 0 Å². The lowest BCUT2D eigenvalue weighted by molar-refractivity contribution is 0.399. The standard InChI is InChI=1S/C13H14F3N3O/c1-3-9(17-4-2)13-19-18-12(20-13)7-5-6-8(14)11(16)10(7)15/h5-6,9,17H,3-4H2,1-2H3. The van der Waals surface area contributed by atoms with Gasteiger partial charge in [-0.05, 0) is 25.1 Å². The van der Waals surface area contributed by atoms with Crippen molar-refractivity contribution in [2.75, 3.05) is 6.54 Å². The molecule has 0 fully saturated rings. The Kier molecular flexibility index (Phi) is 4.39. The second kappa shape index (κ2) is 6.04. The number of aromatic nitrogens is 2. The van der Waals surface area contributed by atoms with Crippen molar-refractivity contribution >= 4 is 0 Å². The summed E-state index contributed by atoms with van der Waals surface area (Å²) in [6, 6.07) is 1.73. The lowest BCUT2D eigenvalue weighted by atomic mass is 10.2. The average molecular weight is 285 g/mol. The molecule has 4 nitrogen and oxygen atoms in total. The summed E-state index contributed by atoms with van der Waals surface area (Å²) in [6.07, 6.45) is 0.704. The SMILES string of the molecule is CCNC(CC)c1nnc(-c2ccc(F)c(F)c2F)o1. The smallest absolute Gasteiger partial charge is 0.250 e. The topological polar surface area (TPSA) is 51.0 Å². The van der Waals surface area contributed by atoms with Crippen LogP contribution in [-0.2, 0) is 0 Å². The van der Waals surface area contributed by atoms with Crippen LogP contribution in [0.4, 0.5) is 13.2 Å². The van der Waals surface area contributed by atoms with Gasteiger partial charge in [-0.1, -0.05) is 13.8 Å². The third-order valence-corrected chi connectivity index (χ3v) is 2.86. The van der Waals surface area contributed by atoms with E-state index in [2.05, 4.69) is 15.5 Å². The van der Waals surface area contributed by atoms with Gasteiger partial charge in [-0.15, -0.1) is 10.2 Å². The first-order valence-corrected chi connectivity index (χ1v) is 6.29. The number of hydrogen-bond acceptors (Lipinski definition) is 4. The van der Waals surface area contributed by atoms with E-state index in [1.54, 1.807) is 0 Å². The molecule has 7 heteroatoms. The zero-order chi connectivity index (χ0) is 14.7. The lowest BCUT2D eigenvalue weighted by Gasteiger charge is -2.10. The molecule has 2 rings (SSSR count). The first kappa shape index (κ1) is 14.5. The van der Waals surface area contributed by atoms with Crippen molar-refractivity contribution < 1.29 is 17.6 Å². The molecule has 108 valence electrons. The molecule has 0 amide bonds. The first-order valence-electron chi connectivity index (χ1n) is 6.29. The van der Waals surface area contributed by atoms with Crippen molar-refractivity contribution in [1.29, 1.82) is 0 Å². The van der Waals surface area contributed by atoms with Gasteiger partial charge in [0.2, 0.25) is 5.89 Å². The Morgan fingerprint density at radius 2 is 1.90 bits per heavy atom. The molecule has 1 heterocycles. The second-order valence-corrected chi connectivity index (χ2v) is 4.19. The third kappa shape index (κ3) is 2.67. The van der Waals surface area contributed by atoms with E-state index in [9.17, 15) is 13.2 Å². The summed E-state index contributed by atoms with van der Waals surface area (Å²) in [5.41, 5.74) is -0.256. The number of hydrogen-bond donors (Lipinski definition) is 1.